The highest BCUT2D eigenvalue weighted by atomic mass is 16.5. The van der Waals surface area contributed by atoms with Gasteiger partial charge in [0.15, 0.2) is 0 Å². The normalized spacial score (nSPS) is 14.3. The predicted molar refractivity (Wildman–Crippen MR) is 103 cm³/mol. The molecule has 1 amide bonds. The monoisotopic (exact) mass is 359 g/mol. The van der Waals surface area contributed by atoms with Gasteiger partial charge in [0.1, 0.15) is 5.76 Å². The lowest BCUT2D eigenvalue weighted by atomic mass is 9.92. The summed E-state index contributed by atoms with van der Waals surface area (Å²) in [6.45, 7) is 11.1. The van der Waals surface area contributed by atoms with Crippen molar-refractivity contribution in [2.75, 3.05) is 19.7 Å². The van der Waals surface area contributed by atoms with E-state index in [1.807, 2.05) is 6.07 Å². The number of carbonyl (C=O) groups excluding carboxylic acids is 1. The van der Waals surface area contributed by atoms with Crippen LogP contribution in [0.25, 0.3) is 5.76 Å². The van der Waals surface area contributed by atoms with Gasteiger partial charge in [0.05, 0.1) is 12.3 Å². The summed E-state index contributed by atoms with van der Waals surface area (Å²) in [7, 11) is 0. The molecule has 0 spiro atoms. The van der Waals surface area contributed by atoms with Gasteiger partial charge in [-0.05, 0) is 29.5 Å². The van der Waals surface area contributed by atoms with Crippen LogP contribution in [0.4, 0.5) is 0 Å². The number of amides is 1. The molecule has 0 unspecified atom stereocenters. The van der Waals surface area contributed by atoms with Crippen LogP contribution in [0.3, 0.4) is 0 Å². The van der Waals surface area contributed by atoms with Crippen molar-refractivity contribution in [2.45, 2.75) is 47.1 Å². The summed E-state index contributed by atoms with van der Waals surface area (Å²) in [5.41, 5.74) is 9.28. The first-order valence-corrected chi connectivity index (χ1v) is 9.12. The van der Waals surface area contributed by atoms with E-state index in [-0.39, 0.29) is 11.0 Å². The Bertz CT molecular complexity index is 705. The Morgan fingerprint density at radius 2 is 2.08 bits per heavy atom. The third-order valence-electron chi connectivity index (χ3n) is 4.29. The molecule has 142 valence electrons. The highest BCUT2D eigenvalue weighted by molar-refractivity contribution is 5.95. The second-order valence-electron chi connectivity index (χ2n) is 7.87. The van der Waals surface area contributed by atoms with Crippen molar-refractivity contribution in [1.29, 1.82) is 0 Å². The van der Waals surface area contributed by atoms with Crippen LogP contribution >= 0.6 is 0 Å². The highest BCUT2D eigenvalue weighted by Gasteiger charge is 2.29. The summed E-state index contributed by atoms with van der Waals surface area (Å²) in [5, 5.41) is 2.53. The molecule has 1 aliphatic rings. The van der Waals surface area contributed by atoms with Crippen LogP contribution in [0.2, 0.25) is 0 Å². The topological polar surface area (TPSA) is 85.0 Å². The van der Waals surface area contributed by atoms with Crippen molar-refractivity contribution in [2.24, 2.45) is 16.3 Å². The van der Waals surface area contributed by atoms with Gasteiger partial charge in [-0.2, -0.15) is 0 Å². The maximum atomic E-state index is 11.7. The Hall–Kier alpha value is -2.21. The van der Waals surface area contributed by atoms with E-state index in [0.29, 0.717) is 25.5 Å². The van der Waals surface area contributed by atoms with E-state index in [4.69, 9.17) is 10.5 Å². The van der Waals surface area contributed by atoms with E-state index in [2.05, 4.69) is 37.8 Å². The molecule has 0 fully saturated rings. The van der Waals surface area contributed by atoms with Crippen molar-refractivity contribution < 1.29 is 9.53 Å². The smallest absolute Gasteiger partial charge is 0.316 e. The Morgan fingerprint density at radius 3 is 2.65 bits per heavy atom. The molecular formula is C20H29N3O3. The van der Waals surface area contributed by atoms with Crippen LogP contribution in [-0.2, 0) is 11.3 Å². The minimum Gasteiger partial charge on any atom is -0.491 e. The molecule has 6 heteroatoms. The molecule has 0 aliphatic carbocycles. The number of rotatable bonds is 7. The molecule has 0 saturated heterocycles. The van der Waals surface area contributed by atoms with E-state index < -0.39 is 5.91 Å². The fourth-order valence-corrected chi connectivity index (χ4v) is 3.14. The maximum Gasteiger partial charge on any atom is 0.316 e. The molecule has 0 saturated carbocycles. The second kappa shape index (κ2) is 8.45. The fraction of sp³-hybridized carbons (Fsp3) is 0.550. The van der Waals surface area contributed by atoms with Crippen molar-refractivity contribution >= 4 is 11.7 Å². The first-order chi connectivity index (χ1) is 12.3. The molecule has 0 bridgehead atoms. The van der Waals surface area contributed by atoms with Gasteiger partial charge in [0.2, 0.25) is 0 Å². The van der Waals surface area contributed by atoms with Gasteiger partial charge in [-0.3, -0.25) is 4.79 Å². The zero-order chi connectivity index (χ0) is 19.3. The summed E-state index contributed by atoms with van der Waals surface area (Å²) < 4.78 is 6.10. The van der Waals surface area contributed by atoms with Crippen molar-refractivity contribution in [3.63, 3.8) is 0 Å². The summed E-state index contributed by atoms with van der Waals surface area (Å²) in [5.74, 6) is -0.0564. The third-order valence-corrected chi connectivity index (χ3v) is 4.29. The molecule has 1 aromatic rings. The molecule has 2 rings (SSSR count). The number of nitrogens with two attached hydrogens (primary N) is 1. The Morgan fingerprint density at radius 1 is 1.35 bits per heavy atom. The first kappa shape index (κ1) is 20.1. The zero-order valence-corrected chi connectivity index (χ0v) is 16.2. The van der Waals surface area contributed by atoms with Crippen LogP contribution in [0.15, 0.2) is 29.1 Å². The van der Waals surface area contributed by atoms with Gasteiger partial charge in [-0.25, -0.2) is 0 Å². The predicted octanol–water partition coefficient (Wildman–Crippen LogP) is 3.90. The number of carbonyl (C=O) groups is 1. The van der Waals surface area contributed by atoms with Crippen molar-refractivity contribution in [3.8, 4) is 0 Å². The highest BCUT2D eigenvalue weighted by Crippen LogP contribution is 2.35. The van der Waals surface area contributed by atoms with E-state index >= 15 is 0 Å². The number of hydrogen-bond acceptors (Lipinski definition) is 5. The lowest BCUT2D eigenvalue weighted by Gasteiger charge is -2.38. The maximum absolute atomic E-state index is 11.7. The third kappa shape index (κ3) is 4.69. The fourth-order valence-electron chi connectivity index (χ4n) is 3.14. The summed E-state index contributed by atoms with van der Waals surface area (Å²) >= 11 is 0. The summed E-state index contributed by atoms with van der Waals surface area (Å²) in [6.07, 6.45) is 1.96. The van der Waals surface area contributed by atoms with Crippen molar-refractivity contribution in [3.05, 3.63) is 45.5 Å². The van der Waals surface area contributed by atoms with Gasteiger partial charge in [0, 0.05) is 35.9 Å². The van der Waals surface area contributed by atoms with Crippen LogP contribution in [0, 0.1) is 10.3 Å². The lowest BCUT2D eigenvalue weighted by Crippen LogP contribution is -2.37. The summed E-state index contributed by atoms with van der Waals surface area (Å²) in [4.78, 5) is 24.6. The molecule has 2 N–H and O–H groups in total. The summed E-state index contributed by atoms with van der Waals surface area (Å²) in [6, 6.07) is 5.22. The van der Waals surface area contributed by atoms with Crippen LogP contribution < -0.4 is 5.73 Å². The SMILES string of the molecule is CCCCOC1=C(CN)N(CC(C)(C)C)Cc2ccc(C(=O)N=O)cc21. The van der Waals surface area contributed by atoms with Crippen LogP contribution in [0.5, 0.6) is 0 Å². The van der Waals surface area contributed by atoms with Crippen molar-refractivity contribution in [1.82, 2.24) is 4.90 Å². The molecule has 1 heterocycles. The number of ether oxygens (including phenoxy) is 1. The Labute approximate surface area is 155 Å². The van der Waals surface area contributed by atoms with Gasteiger partial charge < -0.3 is 15.4 Å². The number of fused-ring (bicyclic) bond motifs is 1. The quantitative estimate of drug-likeness (QED) is 0.589. The average molecular weight is 359 g/mol. The number of benzene rings is 1. The van der Waals surface area contributed by atoms with E-state index in [1.165, 1.54) is 0 Å². The lowest BCUT2D eigenvalue weighted by molar-refractivity contribution is 0.100. The van der Waals surface area contributed by atoms with Gasteiger partial charge >= 0.3 is 5.91 Å². The minimum absolute atomic E-state index is 0.101. The minimum atomic E-state index is -0.771. The van der Waals surface area contributed by atoms with Crippen LogP contribution in [0.1, 0.15) is 62.0 Å². The number of hydrogen-bond donors (Lipinski definition) is 1. The molecule has 1 aromatic carbocycles. The largest absolute Gasteiger partial charge is 0.491 e. The number of nitrogens with zero attached hydrogens (tertiary/aromatic N) is 2. The number of nitroso groups, excluding NO2 is 1. The number of unbranched alkanes of at least 4 members (excludes halogenated alkanes) is 1. The molecule has 26 heavy (non-hydrogen) atoms. The molecule has 0 atom stereocenters. The Kier molecular flexibility index (Phi) is 6.53. The van der Waals surface area contributed by atoms with Gasteiger partial charge in [-0.1, -0.05) is 40.2 Å². The molecule has 0 radical (unpaired) electrons. The van der Waals surface area contributed by atoms with E-state index in [9.17, 15) is 9.70 Å². The molecule has 0 aromatic heterocycles. The van der Waals surface area contributed by atoms with Gasteiger partial charge in [-0.15, -0.1) is 4.91 Å². The second-order valence-corrected chi connectivity index (χ2v) is 7.87. The molecular weight excluding hydrogens is 330 g/mol. The van der Waals surface area contributed by atoms with Crippen LogP contribution in [-0.4, -0.2) is 30.5 Å². The first-order valence-electron chi connectivity index (χ1n) is 9.12. The molecule has 1 aliphatic heterocycles. The van der Waals surface area contributed by atoms with Gasteiger partial charge in [0.25, 0.3) is 0 Å². The van der Waals surface area contributed by atoms with E-state index in [1.54, 1.807) is 12.1 Å². The average Bonchev–Trinajstić information content (AvgIpc) is 2.59. The Balaban J connectivity index is 2.51. The van der Waals surface area contributed by atoms with E-state index in [0.717, 1.165) is 36.2 Å². The molecule has 6 nitrogen and oxygen atoms in total. The zero-order valence-electron chi connectivity index (χ0n) is 16.2. The standard InChI is InChI=1S/C20H29N3O3/c1-5-6-9-26-18-16-10-14(19(24)22-25)7-8-15(16)12-23(17(18)11-21)13-20(2,3)4/h7-8,10H,5-6,9,11-13,21H2,1-4H3.